The molecule has 4 rings (SSSR count). The van der Waals surface area contributed by atoms with Gasteiger partial charge in [-0.15, -0.1) is 0 Å². The molecule has 10 heteroatoms. The molecule has 4 aromatic rings. The first-order valence-corrected chi connectivity index (χ1v) is 10.2. The van der Waals surface area contributed by atoms with Crippen molar-refractivity contribution in [2.75, 3.05) is 21.3 Å². The summed E-state index contributed by atoms with van der Waals surface area (Å²) in [5.74, 6) is 1.47. The highest BCUT2D eigenvalue weighted by Crippen LogP contribution is 2.32. The van der Waals surface area contributed by atoms with E-state index >= 15 is 0 Å². The fourth-order valence-electron chi connectivity index (χ4n) is 3.44. The molecule has 0 aliphatic heterocycles. The third-order valence-electron chi connectivity index (χ3n) is 5.54. The van der Waals surface area contributed by atoms with Crippen molar-refractivity contribution in [1.82, 2.24) is 29.8 Å². The minimum absolute atomic E-state index is 0.195. The van der Waals surface area contributed by atoms with Crippen LogP contribution in [0.15, 0.2) is 53.5 Å². The van der Waals surface area contributed by atoms with E-state index in [-0.39, 0.29) is 11.9 Å². The summed E-state index contributed by atoms with van der Waals surface area (Å²) in [6, 6.07) is 8.72. The molecule has 0 N–H and O–H groups in total. The van der Waals surface area contributed by atoms with Gasteiger partial charge in [0.15, 0.2) is 0 Å². The largest absolute Gasteiger partial charge is 0.497 e. The van der Waals surface area contributed by atoms with Gasteiger partial charge >= 0.3 is 0 Å². The number of benzene rings is 1. The molecular formula is C23H24N6O4. The number of carbonyl (C=O) groups excluding carboxylic acids is 1. The summed E-state index contributed by atoms with van der Waals surface area (Å²) in [7, 11) is 4.91. The standard InChI is InChI=1S/C23H24N6O4/c1-14-18(22(30)28(3)15(2)19-9-11-33-27-19)13-25-29(14)23-24-10-8-20(26-23)17-12-16(31-4)6-7-21(17)32-5/h6-13,15H,1-5H3. The summed E-state index contributed by atoms with van der Waals surface area (Å²) in [5, 5.41) is 8.30. The minimum atomic E-state index is -0.265. The van der Waals surface area contributed by atoms with Gasteiger partial charge in [0, 0.05) is 24.9 Å². The summed E-state index contributed by atoms with van der Waals surface area (Å²) in [4.78, 5) is 23.7. The van der Waals surface area contributed by atoms with Crippen LogP contribution >= 0.6 is 0 Å². The molecule has 170 valence electrons. The number of hydrogen-bond donors (Lipinski definition) is 0. The third kappa shape index (κ3) is 4.14. The van der Waals surface area contributed by atoms with Crippen molar-refractivity contribution < 1.29 is 18.8 Å². The summed E-state index contributed by atoms with van der Waals surface area (Å²) in [6.07, 6.45) is 4.64. The first kappa shape index (κ1) is 22.0. The van der Waals surface area contributed by atoms with Crippen LogP contribution in [-0.4, -0.2) is 57.0 Å². The van der Waals surface area contributed by atoms with Crippen molar-refractivity contribution in [2.24, 2.45) is 0 Å². The van der Waals surface area contributed by atoms with Crippen molar-refractivity contribution in [2.45, 2.75) is 19.9 Å². The maximum Gasteiger partial charge on any atom is 0.257 e. The van der Waals surface area contributed by atoms with Gasteiger partial charge in [-0.1, -0.05) is 5.16 Å². The highest BCUT2D eigenvalue weighted by atomic mass is 16.5. The molecule has 0 saturated carbocycles. The zero-order valence-electron chi connectivity index (χ0n) is 19.0. The van der Waals surface area contributed by atoms with Gasteiger partial charge in [-0.25, -0.2) is 14.6 Å². The van der Waals surface area contributed by atoms with Crippen molar-refractivity contribution in [1.29, 1.82) is 0 Å². The van der Waals surface area contributed by atoms with Crippen molar-refractivity contribution >= 4 is 5.91 Å². The van der Waals surface area contributed by atoms with E-state index in [4.69, 9.17) is 14.0 Å². The molecule has 0 spiro atoms. The topological polar surface area (TPSA) is 108 Å². The fraction of sp³-hybridized carbons (Fsp3) is 0.261. The van der Waals surface area contributed by atoms with E-state index in [9.17, 15) is 4.79 Å². The van der Waals surface area contributed by atoms with Crippen LogP contribution in [0.4, 0.5) is 0 Å². The zero-order chi connectivity index (χ0) is 23.5. The smallest absolute Gasteiger partial charge is 0.257 e. The number of methoxy groups -OCH3 is 2. The molecule has 1 amide bonds. The zero-order valence-corrected chi connectivity index (χ0v) is 19.0. The molecule has 0 aliphatic rings. The normalized spacial score (nSPS) is 11.8. The second-order valence-corrected chi connectivity index (χ2v) is 7.38. The van der Waals surface area contributed by atoms with E-state index in [1.165, 1.54) is 17.1 Å². The Hall–Kier alpha value is -4.21. The summed E-state index contributed by atoms with van der Waals surface area (Å²) in [6.45, 7) is 3.68. The first-order valence-electron chi connectivity index (χ1n) is 10.2. The summed E-state index contributed by atoms with van der Waals surface area (Å²) in [5.41, 5.74) is 3.12. The van der Waals surface area contributed by atoms with Gasteiger partial charge in [0.25, 0.3) is 11.9 Å². The van der Waals surface area contributed by atoms with Crippen LogP contribution in [0.3, 0.4) is 0 Å². The van der Waals surface area contributed by atoms with E-state index in [0.717, 1.165) is 5.56 Å². The molecule has 1 aromatic carbocycles. The van der Waals surface area contributed by atoms with E-state index in [2.05, 4.69) is 20.2 Å². The second-order valence-electron chi connectivity index (χ2n) is 7.38. The van der Waals surface area contributed by atoms with Gasteiger partial charge in [0.05, 0.1) is 43.4 Å². The van der Waals surface area contributed by atoms with Crippen LogP contribution in [0.1, 0.15) is 34.7 Å². The Labute approximate surface area is 190 Å². The number of nitrogens with zero attached hydrogens (tertiary/aromatic N) is 6. The molecule has 1 atom stereocenters. The Morgan fingerprint density at radius 3 is 2.70 bits per heavy atom. The molecule has 0 aliphatic carbocycles. The van der Waals surface area contributed by atoms with Gasteiger partial charge in [0.1, 0.15) is 23.5 Å². The van der Waals surface area contributed by atoms with Crippen LogP contribution in [0, 0.1) is 6.92 Å². The molecule has 0 fully saturated rings. The van der Waals surface area contributed by atoms with Crippen LogP contribution < -0.4 is 9.47 Å². The average molecular weight is 448 g/mol. The molecule has 0 saturated heterocycles. The van der Waals surface area contributed by atoms with Gasteiger partial charge < -0.3 is 18.9 Å². The molecule has 0 radical (unpaired) electrons. The van der Waals surface area contributed by atoms with Crippen LogP contribution in [0.25, 0.3) is 17.2 Å². The summed E-state index contributed by atoms with van der Waals surface area (Å²) < 4.78 is 17.3. The molecule has 3 heterocycles. The number of aromatic nitrogens is 5. The molecule has 33 heavy (non-hydrogen) atoms. The highest BCUT2D eigenvalue weighted by molar-refractivity contribution is 5.95. The quantitative estimate of drug-likeness (QED) is 0.423. The van der Waals surface area contributed by atoms with Gasteiger partial charge in [-0.05, 0) is 38.1 Å². The van der Waals surface area contributed by atoms with Crippen LogP contribution in [0.5, 0.6) is 11.5 Å². The van der Waals surface area contributed by atoms with Crippen molar-refractivity contribution in [3.63, 3.8) is 0 Å². The van der Waals surface area contributed by atoms with E-state index in [1.807, 2.05) is 25.1 Å². The predicted octanol–water partition coefficient (Wildman–Crippen LogP) is 3.48. The van der Waals surface area contributed by atoms with Gasteiger partial charge in [-0.3, -0.25) is 4.79 Å². The number of hydrogen-bond acceptors (Lipinski definition) is 8. The lowest BCUT2D eigenvalue weighted by Crippen LogP contribution is -2.30. The average Bonchev–Trinajstić information content (AvgIpc) is 3.52. The Morgan fingerprint density at radius 1 is 1.18 bits per heavy atom. The van der Waals surface area contributed by atoms with Crippen molar-refractivity contribution in [3.8, 4) is 28.7 Å². The lowest BCUT2D eigenvalue weighted by molar-refractivity contribution is 0.0737. The Bertz CT molecular complexity index is 1270. The Kier molecular flexibility index (Phi) is 6.07. The number of carbonyl (C=O) groups is 1. The van der Waals surface area contributed by atoms with E-state index in [0.29, 0.717) is 40.1 Å². The lowest BCUT2D eigenvalue weighted by atomic mass is 10.1. The highest BCUT2D eigenvalue weighted by Gasteiger charge is 2.25. The lowest BCUT2D eigenvalue weighted by Gasteiger charge is -2.22. The fourth-order valence-corrected chi connectivity index (χ4v) is 3.44. The third-order valence-corrected chi connectivity index (χ3v) is 5.54. The molecule has 10 nitrogen and oxygen atoms in total. The molecule has 1 unspecified atom stereocenters. The van der Waals surface area contributed by atoms with Crippen molar-refractivity contribution in [3.05, 3.63) is 65.9 Å². The maximum atomic E-state index is 13.1. The van der Waals surface area contributed by atoms with Crippen LogP contribution in [0.2, 0.25) is 0 Å². The SMILES string of the molecule is COc1ccc(OC)c(-c2ccnc(-n3ncc(C(=O)N(C)C(C)c4ccon4)c3C)n2)c1. The van der Waals surface area contributed by atoms with Gasteiger partial charge in [-0.2, -0.15) is 5.10 Å². The van der Waals surface area contributed by atoms with E-state index in [1.54, 1.807) is 51.4 Å². The summed E-state index contributed by atoms with van der Waals surface area (Å²) >= 11 is 0. The molecular weight excluding hydrogens is 424 g/mol. The van der Waals surface area contributed by atoms with E-state index < -0.39 is 0 Å². The number of rotatable bonds is 7. The molecule has 0 bridgehead atoms. The monoisotopic (exact) mass is 448 g/mol. The van der Waals surface area contributed by atoms with Gasteiger partial charge in [0.2, 0.25) is 0 Å². The number of ether oxygens (including phenoxy) is 2. The molecule has 3 aromatic heterocycles. The maximum absolute atomic E-state index is 13.1. The Morgan fingerprint density at radius 2 is 2.00 bits per heavy atom. The second kappa shape index (κ2) is 9.11. The van der Waals surface area contributed by atoms with Crippen LogP contribution in [-0.2, 0) is 0 Å². The minimum Gasteiger partial charge on any atom is -0.497 e. The predicted molar refractivity (Wildman–Crippen MR) is 119 cm³/mol. The number of amides is 1. The first-order chi connectivity index (χ1) is 15.9. The Balaban J connectivity index is 1.66.